The van der Waals surface area contributed by atoms with Crippen LogP contribution in [-0.4, -0.2) is 17.7 Å². The first-order valence-corrected chi connectivity index (χ1v) is 6.91. The van der Waals surface area contributed by atoms with Crippen molar-refractivity contribution in [2.45, 2.75) is 52.2 Å². The molecule has 3 nitrogen and oxygen atoms in total. The molecule has 1 amide bonds. The van der Waals surface area contributed by atoms with E-state index in [-0.39, 0.29) is 12.1 Å². The highest BCUT2D eigenvalue weighted by molar-refractivity contribution is 5.68. The van der Waals surface area contributed by atoms with Crippen molar-refractivity contribution in [3.63, 3.8) is 0 Å². The normalized spacial score (nSPS) is 26.1. The molecule has 2 aliphatic rings. The van der Waals surface area contributed by atoms with E-state index in [1.165, 1.54) is 11.1 Å². The highest BCUT2D eigenvalue weighted by Gasteiger charge is 2.32. The standard InChI is InChI=1S/C16H23NO2/c1-11-13-9-7-5-6-8-12(13)10-14(11)17-15(18)19-16(2,3)4/h5-7,9,11,14H,8,10H2,1-4H3,(H,17,18)/t11-,14?/m1/s1. The summed E-state index contributed by atoms with van der Waals surface area (Å²) >= 11 is 0. The number of carbonyl (C=O) groups excluding carboxylic acids is 1. The van der Waals surface area contributed by atoms with Gasteiger partial charge in [-0.05, 0) is 39.2 Å². The number of carbonyl (C=O) groups is 1. The Bertz CT molecular complexity index is 452. The van der Waals surface area contributed by atoms with Gasteiger partial charge in [-0.3, -0.25) is 0 Å². The van der Waals surface area contributed by atoms with E-state index in [0.717, 1.165) is 12.8 Å². The van der Waals surface area contributed by atoms with Gasteiger partial charge in [0.15, 0.2) is 0 Å². The van der Waals surface area contributed by atoms with Crippen LogP contribution in [0, 0.1) is 5.92 Å². The lowest BCUT2D eigenvalue weighted by Gasteiger charge is -2.24. The number of alkyl carbamates (subject to hydrolysis) is 1. The SMILES string of the molecule is C[C@@H]1C2=C(CC=CC=C2)CC1NC(=O)OC(C)(C)C. The van der Waals surface area contributed by atoms with E-state index >= 15 is 0 Å². The van der Waals surface area contributed by atoms with Crippen LogP contribution in [-0.2, 0) is 4.74 Å². The van der Waals surface area contributed by atoms with Crippen LogP contribution in [0.1, 0.15) is 40.5 Å². The summed E-state index contributed by atoms with van der Waals surface area (Å²) in [6, 6.07) is 0.149. The molecule has 0 saturated heterocycles. The Balaban J connectivity index is 1.97. The molecule has 0 radical (unpaired) electrons. The van der Waals surface area contributed by atoms with E-state index in [1.807, 2.05) is 20.8 Å². The van der Waals surface area contributed by atoms with Crippen LogP contribution < -0.4 is 5.32 Å². The molecule has 1 unspecified atom stereocenters. The highest BCUT2D eigenvalue weighted by Crippen LogP contribution is 2.36. The summed E-state index contributed by atoms with van der Waals surface area (Å²) in [7, 11) is 0. The minimum Gasteiger partial charge on any atom is -0.444 e. The quantitative estimate of drug-likeness (QED) is 0.781. The number of allylic oxidation sites excluding steroid dienone is 4. The molecule has 2 aliphatic carbocycles. The maximum atomic E-state index is 11.8. The molecule has 0 aromatic carbocycles. The molecule has 1 N–H and O–H groups in total. The minimum atomic E-state index is -0.445. The summed E-state index contributed by atoms with van der Waals surface area (Å²) in [6.45, 7) is 7.81. The summed E-state index contributed by atoms with van der Waals surface area (Å²) < 4.78 is 5.33. The van der Waals surface area contributed by atoms with E-state index in [9.17, 15) is 4.79 Å². The van der Waals surface area contributed by atoms with E-state index < -0.39 is 5.60 Å². The van der Waals surface area contributed by atoms with Crippen LogP contribution in [0.15, 0.2) is 35.5 Å². The third-order valence-electron chi connectivity index (χ3n) is 3.56. The van der Waals surface area contributed by atoms with Crippen LogP contribution in [0.2, 0.25) is 0 Å². The first-order chi connectivity index (χ1) is 8.87. The van der Waals surface area contributed by atoms with Gasteiger partial charge in [0.25, 0.3) is 0 Å². The number of amides is 1. The van der Waals surface area contributed by atoms with Crippen LogP contribution in [0.4, 0.5) is 4.79 Å². The van der Waals surface area contributed by atoms with Gasteiger partial charge >= 0.3 is 6.09 Å². The van der Waals surface area contributed by atoms with Crippen molar-refractivity contribution >= 4 is 6.09 Å². The van der Waals surface area contributed by atoms with Gasteiger partial charge in [0.1, 0.15) is 5.60 Å². The lowest BCUT2D eigenvalue weighted by Crippen LogP contribution is -2.41. The number of hydrogen-bond acceptors (Lipinski definition) is 2. The van der Waals surface area contributed by atoms with Gasteiger partial charge in [-0.25, -0.2) is 4.79 Å². The molecule has 0 aromatic heterocycles. The fourth-order valence-electron chi connectivity index (χ4n) is 2.65. The Morgan fingerprint density at radius 2 is 2.11 bits per heavy atom. The number of ether oxygens (including phenoxy) is 1. The van der Waals surface area contributed by atoms with Crippen LogP contribution in [0.3, 0.4) is 0 Å². The second-order valence-electron chi connectivity index (χ2n) is 6.30. The molecule has 3 heteroatoms. The molecule has 19 heavy (non-hydrogen) atoms. The zero-order chi connectivity index (χ0) is 14.0. The molecule has 0 spiro atoms. The number of hydrogen-bond donors (Lipinski definition) is 1. The topological polar surface area (TPSA) is 38.3 Å². The van der Waals surface area contributed by atoms with Gasteiger partial charge in [-0.1, -0.05) is 36.8 Å². The lowest BCUT2D eigenvalue weighted by atomic mass is 9.99. The minimum absolute atomic E-state index is 0.149. The fourth-order valence-corrected chi connectivity index (χ4v) is 2.65. The maximum absolute atomic E-state index is 11.8. The van der Waals surface area contributed by atoms with E-state index in [2.05, 4.69) is 36.5 Å². The number of nitrogens with one attached hydrogen (secondary N) is 1. The third-order valence-corrected chi connectivity index (χ3v) is 3.56. The average molecular weight is 261 g/mol. The molecule has 0 aromatic rings. The molecular formula is C16H23NO2. The zero-order valence-corrected chi connectivity index (χ0v) is 12.2. The zero-order valence-electron chi connectivity index (χ0n) is 12.2. The largest absolute Gasteiger partial charge is 0.444 e. The van der Waals surface area contributed by atoms with Crippen molar-refractivity contribution in [1.29, 1.82) is 0 Å². The van der Waals surface area contributed by atoms with Gasteiger partial charge in [0.2, 0.25) is 0 Å². The van der Waals surface area contributed by atoms with Gasteiger partial charge in [0, 0.05) is 12.0 Å². The first-order valence-electron chi connectivity index (χ1n) is 6.91. The van der Waals surface area contributed by atoms with Crippen LogP contribution >= 0.6 is 0 Å². The highest BCUT2D eigenvalue weighted by atomic mass is 16.6. The maximum Gasteiger partial charge on any atom is 0.407 e. The third kappa shape index (κ3) is 3.49. The molecule has 0 saturated carbocycles. The second kappa shape index (κ2) is 5.24. The summed E-state index contributed by atoms with van der Waals surface area (Å²) in [4.78, 5) is 11.8. The predicted octanol–water partition coefficient (Wildman–Crippen LogP) is 3.73. The molecule has 2 atom stereocenters. The number of rotatable bonds is 1. The Hall–Kier alpha value is -1.51. The Labute approximate surface area is 115 Å². The summed E-state index contributed by atoms with van der Waals surface area (Å²) in [5.41, 5.74) is 2.35. The van der Waals surface area contributed by atoms with E-state index in [4.69, 9.17) is 4.74 Å². The Kier molecular flexibility index (Phi) is 3.83. The Morgan fingerprint density at radius 1 is 1.37 bits per heavy atom. The fraction of sp³-hybridized carbons (Fsp3) is 0.562. The lowest BCUT2D eigenvalue weighted by molar-refractivity contribution is 0.0497. The average Bonchev–Trinajstić information content (AvgIpc) is 2.49. The Morgan fingerprint density at radius 3 is 2.79 bits per heavy atom. The predicted molar refractivity (Wildman–Crippen MR) is 76.9 cm³/mol. The van der Waals surface area contributed by atoms with Gasteiger partial charge in [-0.2, -0.15) is 0 Å². The molecule has 0 fully saturated rings. The molecule has 104 valence electrons. The monoisotopic (exact) mass is 261 g/mol. The smallest absolute Gasteiger partial charge is 0.407 e. The van der Waals surface area contributed by atoms with Crippen molar-refractivity contribution in [3.05, 3.63) is 35.5 Å². The van der Waals surface area contributed by atoms with Crippen molar-refractivity contribution in [1.82, 2.24) is 5.32 Å². The molecule has 2 rings (SSSR count). The van der Waals surface area contributed by atoms with Crippen LogP contribution in [0.5, 0.6) is 0 Å². The summed E-state index contributed by atoms with van der Waals surface area (Å²) in [6.07, 6.45) is 10.1. The summed E-state index contributed by atoms with van der Waals surface area (Å²) in [5.74, 6) is 0.346. The van der Waals surface area contributed by atoms with E-state index in [1.54, 1.807) is 0 Å². The van der Waals surface area contributed by atoms with Crippen molar-refractivity contribution in [2.24, 2.45) is 5.92 Å². The summed E-state index contributed by atoms with van der Waals surface area (Å²) in [5, 5.41) is 3.00. The molecule has 0 aliphatic heterocycles. The van der Waals surface area contributed by atoms with E-state index in [0.29, 0.717) is 5.92 Å². The van der Waals surface area contributed by atoms with Crippen molar-refractivity contribution < 1.29 is 9.53 Å². The van der Waals surface area contributed by atoms with Gasteiger partial charge in [0.05, 0.1) is 0 Å². The molecule has 0 heterocycles. The van der Waals surface area contributed by atoms with Gasteiger partial charge < -0.3 is 10.1 Å². The molecule has 0 bridgehead atoms. The second-order valence-corrected chi connectivity index (χ2v) is 6.30. The van der Waals surface area contributed by atoms with Gasteiger partial charge in [-0.15, -0.1) is 0 Å². The first kappa shape index (κ1) is 13.9. The van der Waals surface area contributed by atoms with Crippen molar-refractivity contribution in [3.8, 4) is 0 Å². The van der Waals surface area contributed by atoms with Crippen LogP contribution in [0.25, 0.3) is 0 Å². The molecular weight excluding hydrogens is 238 g/mol. The van der Waals surface area contributed by atoms with Crippen molar-refractivity contribution in [2.75, 3.05) is 0 Å².